The van der Waals surface area contributed by atoms with Crippen molar-refractivity contribution in [2.24, 2.45) is 0 Å². The normalized spacial score (nSPS) is 13.5. The molecule has 1 N–H and O–H groups in total. The second kappa shape index (κ2) is 6.99. The Morgan fingerprint density at radius 2 is 1.67 bits per heavy atom. The Kier molecular flexibility index (Phi) is 5.06. The van der Waals surface area contributed by atoms with Crippen molar-refractivity contribution in [3.8, 4) is 11.1 Å². The van der Waals surface area contributed by atoms with Crippen LogP contribution in [0.3, 0.4) is 0 Å². The number of ether oxygens (including phenoxy) is 1. The average molecular weight is 288 g/mol. The molecule has 0 bridgehead atoms. The molecule has 0 aromatic heterocycles. The van der Waals surface area contributed by atoms with Gasteiger partial charge in [0.15, 0.2) is 0 Å². The Bertz CT molecular complexity index is 581. The van der Waals surface area contributed by atoms with Gasteiger partial charge in [-0.25, -0.2) is 9.18 Å². The molecule has 2 aromatic carbocycles. The van der Waals surface area contributed by atoms with Gasteiger partial charge in [0.2, 0.25) is 6.17 Å². The van der Waals surface area contributed by atoms with Crippen LogP contribution in [0, 0.1) is 0 Å². The van der Waals surface area contributed by atoms with Crippen LogP contribution in [0.4, 0.5) is 4.39 Å². The molecular formula is C17H17FO3. The van der Waals surface area contributed by atoms with E-state index in [4.69, 9.17) is 0 Å². The number of carbonyl (C=O) groups is 1. The van der Waals surface area contributed by atoms with Crippen LogP contribution in [-0.2, 0) is 9.53 Å². The fourth-order valence-electron chi connectivity index (χ4n) is 2.02. The lowest BCUT2D eigenvalue weighted by Crippen LogP contribution is -2.26. The summed E-state index contributed by atoms with van der Waals surface area (Å²) in [5.41, 5.74) is 2.33. The van der Waals surface area contributed by atoms with Crippen LogP contribution in [0.15, 0.2) is 54.6 Å². The molecular weight excluding hydrogens is 271 g/mol. The molecule has 0 fully saturated rings. The zero-order chi connectivity index (χ0) is 15.2. The number of halogens is 1. The van der Waals surface area contributed by atoms with Crippen molar-refractivity contribution in [2.45, 2.75) is 19.2 Å². The predicted molar refractivity (Wildman–Crippen MR) is 78.4 cm³/mol. The van der Waals surface area contributed by atoms with Gasteiger partial charge in [0.05, 0.1) is 6.61 Å². The van der Waals surface area contributed by atoms with Crippen LogP contribution in [0.25, 0.3) is 11.1 Å². The first-order valence-corrected chi connectivity index (χ1v) is 6.77. The first-order chi connectivity index (χ1) is 10.1. The molecule has 2 atom stereocenters. The van der Waals surface area contributed by atoms with Crippen LogP contribution in [-0.4, -0.2) is 23.9 Å². The zero-order valence-corrected chi connectivity index (χ0v) is 11.7. The average Bonchev–Trinajstić information content (AvgIpc) is 2.54. The maximum atomic E-state index is 13.8. The van der Waals surface area contributed by atoms with Crippen molar-refractivity contribution in [1.82, 2.24) is 0 Å². The zero-order valence-electron chi connectivity index (χ0n) is 11.7. The van der Waals surface area contributed by atoms with Crippen LogP contribution >= 0.6 is 0 Å². The van der Waals surface area contributed by atoms with Gasteiger partial charge < -0.3 is 9.84 Å². The highest BCUT2D eigenvalue weighted by atomic mass is 19.1. The fraction of sp³-hybridized carbons (Fsp3) is 0.235. The molecule has 0 saturated carbocycles. The first kappa shape index (κ1) is 15.2. The molecule has 4 heteroatoms. The maximum Gasteiger partial charge on any atom is 0.343 e. The number of esters is 1. The molecule has 0 aliphatic carbocycles. The molecule has 21 heavy (non-hydrogen) atoms. The van der Waals surface area contributed by atoms with E-state index in [1.165, 1.54) is 0 Å². The van der Waals surface area contributed by atoms with E-state index in [0.717, 1.165) is 11.1 Å². The maximum absolute atomic E-state index is 13.8. The minimum absolute atomic E-state index is 0.0823. The number of hydrogen-bond acceptors (Lipinski definition) is 3. The standard InChI is InChI=1S/C17H17FO3/c1-2-21-17(20)15(18)16(19)14-10-8-13(9-11-14)12-6-4-3-5-7-12/h3-11,15-16,19H,2H2,1H3/t15-,16+/m0/s1. The Labute approximate surface area is 123 Å². The lowest BCUT2D eigenvalue weighted by molar-refractivity contribution is -0.153. The number of hydrogen-bond donors (Lipinski definition) is 1. The number of benzene rings is 2. The molecule has 0 unspecified atom stereocenters. The largest absolute Gasteiger partial charge is 0.464 e. The Balaban J connectivity index is 2.13. The van der Waals surface area contributed by atoms with E-state index in [1.807, 2.05) is 30.3 Å². The summed E-state index contributed by atoms with van der Waals surface area (Å²) in [5.74, 6) is -1.04. The van der Waals surface area contributed by atoms with E-state index in [1.54, 1.807) is 31.2 Å². The van der Waals surface area contributed by atoms with Gasteiger partial charge in [0.1, 0.15) is 6.10 Å². The summed E-state index contributed by atoms with van der Waals surface area (Å²) in [4.78, 5) is 11.3. The van der Waals surface area contributed by atoms with Gasteiger partial charge in [0, 0.05) is 0 Å². The molecule has 2 rings (SSSR count). The number of aliphatic hydroxyl groups excluding tert-OH is 1. The fourth-order valence-corrected chi connectivity index (χ4v) is 2.02. The van der Waals surface area contributed by atoms with Gasteiger partial charge in [-0.15, -0.1) is 0 Å². The summed E-state index contributed by atoms with van der Waals surface area (Å²) in [6.45, 7) is 1.67. The molecule has 0 saturated heterocycles. The molecule has 0 spiro atoms. The number of carbonyl (C=O) groups excluding carboxylic acids is 1. The summed E-state index contributed by atoms with van der Waals surface area (Å²) in [7, 11) is 0. The van der Waals surface area contributed by atoms with Gasteiger partial charge in [-0.2, -0.15) is 0 Å². The van der Waals surface area contributed by atoms with Crippen molar-refractivity contribution < 1.29 is 19.0 Å². The van der Waals surface area contributed by atoms with Crippen molar-refractivity contribution in [3.63, 3.8) is 0 Å². The number of rotatable bonds is 5. The van der Waals surface area contributed by atoms with Crippen molar-refractivity contribution >= 4 is 5.97 Å². The van der Waals surface area contributed by atoms with Gasteiger partial charge in [-0.1, -0.05) is 54.6 Å². The molecule has 110 valence electrons. The van der Waals surface area contributed by atoms with Crippen LogP contribution in [0.2, 0.25) is 0 Å². The number of alkyl halides is 1. The van der Waals surface area contributed by atoms with E-state index in [0.29, 0.717) is 5.56 Å². The highest BCUT2D eigenvalue weighted by molar-refractivity contribution is 5.75. The van der Waals surface area contributed by atoms with Crippen molar-refractivity contribution in [2.75, 3.05) is 6.61 Å². The van der Waals surface area contributed by atoms with Crippen LogP contribution in [0.1, 0.15) is 18.6 Å². The summed E-state index contributed by atoms with van der Waals surface area (Å²) >= 11 is 0. The summed E-state index contributed by atoms with van der Waals surface area (Å²) < 4.78 is 18.3. The minimum atomic E-state index is -2.08. The van der Waals surface area contributed by atoms with Crippen LogP contribution in [0.5, 0.6) is 0 Å². The highest BCUT2D eigenvalue weighted by Crippen LogP contribution is 2.24. The Morgan fingerprint density at radius 3 is 2.24 bits per heavy atom. The van der Waals surface area contributed by atoms with Gasteiger partial charge >= 0.3 is 5.97 Å². The molecule has 0 radical (unpaired) electrons. The molecule has 3 nitrogen and oxygen atoms in total. The monoisotopic (exact) mass is 288 g/mol. The van der Waals surface area contributed by atoms with E-state index >= 15 is 0 Å². The third-order valence-corrected chi connectivity index (χ3v) is 3.15. The van der Waals surface area contributed by atoms with Crippen molar-refractivity contribution in [1.29, 1.82) is 0 Å². The molecule has 0 aliphatic heterocycles. The van der Waals surface area contributed by atoms with E-state index < -0.39 is 18.2 Å². The quantitative estimate of drug-likeness (QED) is 0.859. The first-order valence-electron chi connectivity index (χ1n) is 6.77. The molecule has 0 amide bonds. The molecule has 2 aromatic rings. The summed E-state index contributed by atoms with van der Waals surface area (Å²) in [6, 6.07) is 16.5. The van der Waals surface area contributed by atoms with E-state index in [2.05, 4.69) is 4.74 Å². The van der Waals surface area contributed by atoms with E-state index in [-0.39, 0.29) is 6.61 Å². The Morgan fingerprint density at radius 1 is 1.10 bits per heavy atom. The Hall–Kier alpha value is -2.20. The topological polar surface area (TPSA) is 46.5 Å². The van der Waals surface area contributed by atoms with Crippen LogP contribution < -0.4 is 0 Å². The SMILES string of the molecule is CCOC(=O)[C@@H](F)[C@H](O)c1ccc(-c2ccccc2)cc1. The molecule has 0 heterocycles. The van der Waals surface area contributed by atoms with E-state index in [9.17, 15) is 14.3 Å². The van der Waals surface area contributed by atoms with Gasteiger partial charge in [-0.3, -0.25) is 0 Å². The third kappa shape index (κ3) is 3.67. The summed E-state index contributed by atoms with van der Waals surface area (Å²) in [5, 5.41) is 9.87. The smallest absolute Gasteiger partial charge is 0.343 e. The highest BCUT2D eigenvalue weighted by Gasteiger charge is 2.28. The van der Waals surface area contributed by atoms with Crippen molar-refractivity contribution in [3.05, 3.63) is 60.2 Å². The second-order valence-corrected chi connectivity index (χ2v) is 4.59. The minimum Gasteiger partial charge on any atom is -0.464 e. The predicted octanol–water partition coefficient (Wildman–Crippen LogP) is 3.29. The second-order valence-electron chi connectivity index (χ2n) is 4.59. The lowest BCUT2D eigenvalue weighted by atomic mass is 10.00. The van der Waals surface area contributed by atoms with Gasteiger partial charge in [-0.05, 0) is 23.6 Å². The lowest BCUT2D eigenvalue weighted by Gasteiger charge is -2.15. The molecule has 0 aliphatic rings. The number of aliphatic hydroxyl groups is 1. The summed E-state index contributed by atoms with van der Waals surface area (Å²) in [6.07, 6.45) is -3.60. The third-order valence-electron chi connectivity index (χ3n) is 3.15. The van der Waals surface area contributed by atoms with Gasteiger partial charge in [0.25, 0.3) is 0 Å².